The van der Waals surface area contributed by atoms with Gasteiger partial charge in [0.1, 0.15) is 5.69 Å². The summed E-state index contributed by atoms with van der Waals surface area (Å²) in [5.74, 6) is -0.496. The predicted octanol–water partition coefficient (Wildman–Crippen LogP) is 5.36. The molecule has 5 rings (SSSR count). The first-order chi connectivity index (χ1) is 18.7. The zero-order valence-electron chi connectivity index (χ0n) is 21.1. The third kappa shape index (κ3) is 5.47. The second kappa shape index (κ2) is 11.1. The van der Waals surface area contributed by atoms with Crippen LogP contribution in [0.4, 0.5) is 8.78 Å². The van der Waals surface area contributed by atoms with E-state index in [1.165, 1.54) is 13.0 Å². The highest BCUT2D eigenvalue weighted by Gasteiger charge is 2.27. The van der Waals surface area contributed by atoms with Crippen LogP contribution >= 0.6 is 11.6 Å². The second-order valence-electron chi connectivity index (χ2n) is 9.76. The molecule has 1 fully saturated rings. The van der Waals surface area contributed by atoms with Crippen LogP contribution in [0.5, 0.6) is 0 Å². The number of pyridine rings is 2. The fourth-order valence-corrected chi connectivity index (χ4v) is 5.31. The summed E-state index contributed by atoms with van der Waals surface area (Å²) in [5.41, 5.74) is 1.39. The van der Waals surface area contributed by atoms with Crippen molar-refractivity contribution in [2.24, 2.45) is 5.92 Å². The molecule has 3 heterocycles. The van der Waals surface area contributed by atoms with E-state index in [2.05, 4.69) is 15.3 Å². The largest absolute Gasteiger partial charge is 0.349 e. The number of nitrogens with one attached hydrogen (secondary N) is 1. The second-order valence-corrected chi connectivity index (χ2v) is 10.2. The molecule has 4 aromatic rings. The van der Waals surface area contributed by atoms with Gasteiger partial charge in [0.15, 0.2) is 11.4 Å². The van der Waals surface area contributed by atoms with E-state index in [9.17, 15) is 23.2 Å². The maximum atomic E-state index is 13.5. The highest BCUT2D eigenvalue weighted by Crippen LogP contribution is 2.28. The Morgan fingerprint density at radius 3 is 2.49 bits per heavy atom. The SMILES string of the molecule is CC(=O)c1ccc(-n2c(=O)n(CC3CCC(NC(=O)c4cc(Cl)cnc4C(F)F)CC3)c3cccnc32)cc1. The van der Waals surface area contributed by atoms with Crippen LogP contribution in [0.2, 0.25) is 5.02 Å². The summed E-state index contributed by atoms with van der Waals surface area (Å²) in [6.45, 7) is 1.97. The summed E-state index contributed by atoms with van der Waals surface area (Å²) in [6.07, 6.45) is 2.62. The van der Waals surface area contributed by atoms with Crippen LogP contribution in [0.1, 0.15) is 65.4 Å². The van der Waals surface area contributed by atoms with E-state index < -0.39 is 18.0 Å². The molecule has 0 aliphatic heterocycles. The van der Waals surface area contributed by atoms with E-state index in [1.54, 1.807) is 45.7 Å². The third-order valence-electron chi connectivity index (χ3n) is 7.18. The summed E-state index contributed by atoms with van der Waals surface area (Å²) >= 11 is 5.88. The van der Waals surface area contributed by atoms with Crippen LogP contribution < -0.4 is 11.0 Å². The van der Waals surface area contributed by atoms with E-state index in [-0.39, 0.29) is 34.0 Å². The highest BCUT2D eigenvalue weighted by atomic mass is 35.5. The number of nitrogens with zero attached hydrogens (tertiary/aromatic N) is 4. The number of ketones is 1. The van der Waals surface area contributed by atoms with Crippen LogP contribution in [0.15, 0.2) is 59.7 Å². The minimum absolute atomic E-state index is 0.0556. The highest BCUT2D eigenvalue weighted by molar-refractivity contribution is 6.30. The van der Waals surface area contributed by atoms with E-state index in [1.807, 2.05) is 6.07 Å². The Bertz CT molecular complexity index is 1590. The van der Waals surface area contributed by atoms with Crippen molar-refractivity contribution in [3.8, 4) is 5.69 Å². The van der Waals surface area contributed by atoms with Gasteiger partial charge in [0, 0.05) is 30.5 Å². The van der Waals surface area contributed by atoms with E-state index in [4.69, 9.17) is 11.6 Å². The fraction of sp³-hybridized carbons (Fsp3) is 0.321. The molecule has 202 valence electrons. The minimum atomic E-state index is -2.89. The van der Waals surface area contributed by atoms with Crippen molar-refractivity contribution in [1.29, 1.82) is 0 Å². The van der Waals surface area contributed by atoms with Gasteiger partial charge >= 0.3 is 5.69 Å². The number of benzene rings is 1. The van der Waals surface area contributed by atoms with Gasteiger partial charge in [0.25, 0.3) is 12.3 Å². The lowest BCUT2D eigenvalue weighted by molar-refractivity contribution is 0.0904. The van der Waals surface area contributed by atoms with Gasteiger partial charge in [-0.2, -0.15) is 0 Å². The Balaban J connectivity index is 1.30. The summed E-state index contributed by atoms with van der Waals surface area (Å²) in [6, 6.07) is 11.5. The monoisotopic (exact) mass is 553 g/mol. The first-order valence-electron chi connectivity index (χ1n) is 12.6. The van der Waals surface area contributed by atoms with Gasteiger partial charge in [-0.1, -0.05) is 11.6 Å². The van der Waals surface area contributed by atoms with Crippen molar-refractivity contribution in [2.75, 3.05) is 0 Å². The first kappa shape index (κ1) is 26.7. The van der Waals surface area contributed by atoms with Crippen LogP contribution in [0.3, 0.4) is 0 Å². The summed E-state index contributed by atoms with van der Waals surface area (Å²) in [5, 5.41) is 2.96. The van der Waals surface area contributed by atoms with Crippen molar-refractivity contribution in [2.45, 2.75) is 51.6 Å². The normalized spacial score (nSPS) is 17.5. The van der Waals surface area contributed by atoms with Gasteiger partial charge in [-0.25, -0.2) is 23.1 Å². The lowest BCUT2D eigenvalue weighted by Gasteiger charge is -2.29. The average molecular weight is 554 g/mol. The van der Waals surface area contributed by atoms with Crippen LogP contribution in [-0.2, 0) is 6.54 Å². The number of carbonyl (C=O) groups excluding carboxylic acids is 2. The number of Topliss-reactive ketones (excluding diaryl/α,β-unsaturated/α-hetero) is 1. The smallest absolute Gasteiger partial charge is 0.334 e. The van der Waals surface area contributed by atoms with Crippen molar-refractivity contribution >= 4 is 34.5 Å². The van der Waals surface area contributed by atoms with Crippen molar-refractivity contribution in [3.63, 3.8) is 0 Å². The van der Waals surface area contributed by atoms with Crippen molar-refractivity contribution in [3.05, 3.63) is 87.2 Å². The molecular formula is C28H26ClF2N5O3. The summed E-state index contributed by atoms with van der Waals surface area (Å²) < 4.78 is 29.9. The molecule has 0 radical (unpaired) electrons. The number of carbonyl (C=O) groups is 2. The zero-order chi connectivity index (χ0) is 27.7. The number of alkyl halides is 2. The maximum Gasteiger partial charge on any atom is 0.334 e. The predicted molar refractivity (Wildman–Crippen MR) is 143 cm³/mol. The molecule has 0 bridgehead atoms. The molecule has 39 heavy (non-hydrogen) atoms. The molecule has 1 aromatic carbocycles. The Hall–Kier alpha value is -3.92. The Morgan fingerprint density at radius 1 is 1.10 bits per heavy atom. The summed E-state index contributed by atoms with van der Waals surface area (Å²) in [4.78, 5) is 46.0. The molecule has 0 atom stereocenters. The van der Waals surface area contributed by atoms with Gasteiger partial charge in [-0.3, -0.25) is 19.1 Å². The number of rotatable bonds is 7. The molecule has 3 aromatic heterocycles. The zero-order valence-corrected chi connectivity index (χ0v) is 21.9. The van der Waals surface area contributed by atoms with E-state index in [0.717, 1.165) is 19.0 Å². The van der Waals surface area contributed by atoms with Crippen LogP contribution in [0.25, 0.3) is 16.9 Å². The lowest BCUT2D eigenvalue weighted by Crippen LogP contribution is -2.39. The number of hydrogen-bond donors (Lipinski definition) is 1. The van der Waals surface area contributed by atoms with Gasteiger partial charge in [-0.15, -0.1) is 0 Å². The molecule has 1 aliphatic carbocycles. The molecule has 0 saturated heterocycles. The number of fused-ring (bicyclic) bond motifs is 1. The van der Waals surface area contributed by atoms with E-state index in [0.29, 0.717) is 41.8 Å². The molecule has 0 spiro atoms. The molecule has 1 amide bonds. The fourth-order valence-electron chi connectivity index (χ4n) is 5.16. The molecule has 1 saturated carbocycles. The molecule has 8 nitrogen and oxygen atoms in total. The Labute approximate surface area is 227 Å². The van der Waals surface area contributed by atoms with Crippen LogP contribution in [-0.4, -0.2) is 36.8 Å². The van der Waals surface area contributed by atoms with Gasteiger partial charge < -0.3 is 5.32 Å². The topological polar surface area (TPSA) is 98.9 Å². The first-order valence-corrected chi connectivity index (χ1v) is 13.0. The number of amides is 1. The average Bonchev–Trinajstić information content (AvgIpc) is 3.20. The Kier molecular flexibility index (Phi) is 7.56. The van der Waals surface area contributed by atoms with E-state index >= 15 is 0 Å². The van der Waals surface area contributed by atoms with Crippen LogP contribution in [0, 0.1) is 5.92 Å². The Morgan fingerprint density at radius 2 is 1.82 bits per heavy atom. The molecule has 1 aliphatic rings. The maximum absolute atomic E-state index is 13.5. The number of imidazole rings is 1. The lowest BCUT2D eigenvalue weighted by atomic mass is 9.85. The molecule has 1 N–H and O–H groups in total. The standard InChI is InChI=1S/C28H26ClF2N5O3/c1-16(37)18-6-10-21(11-7-18)36-26-23(3-2-12-32-26)35(28(36)39)15-17-4-8-20(9-5-17)34-27(38)22-13-19(29)14-33-24(22)25(30)31/h2-3,6-7,10-14,17,20,25H,4-5,8-9,15H2,1H3,(H,34,38). The van der Waals surface area contributed by atoms with Gasteiger partial charge in [0.05, 0.1) is 21.8 Å². The van der Waals surface area contributed by atoms with Gasteiger partial charge in [0.2, 0.25) is 0 Å². The van der Waals surface area contributed by atoms with Crippen molar-refractivity contribution in [1.82, 2.24) is 24.4 Å². The number of aromatic nitrogens is 4. The molecule has 11 heteroatoms. The molecule has 0 unspecified atom stereocenters. The summed E-state index contributed by atoms with van der Waals surface area (Å²) in [7, 11) is 0. The quantitative estimate of drug-likeness (QED) is 0.310. The number of halogens is 3. The molecular weight excluding hydrogens is 528 g/mol. The minimum Gasteiger partial charge on any atom is -0.349 e. The number of hydrogen-bond acceptors (Lipinski definition) is 5. The van der Waals surface area contributed by atoms with Crippen molar-refractivity contribution < 1.29 is 18.4 Å². The third-order valence-corrected chi connectivity index (χ3v) is 7.39. The van der Waals surface area contributed by atoms with Gasteiger partial charge in [-0.05, 0) is 81.0 Å².